The van der Waals surface area contributed by atoms with E-state index in [9.17, 15) is 0 Å². The number of hydrogen-bond donors (Lipinski definition) is 0. The first-order valence-corrected chi connectivity index (χ1v) is 15.6. The van der Waals surface area contributed by atoms with Crippen LogP contribution in [0.1, 0.15) is 0 Å². The zero-order valence-electron chi connectivity index (χ0n) is 23.4. The quantitative estimate of drug-likeness (QED) is 0.193. The highest BCUT2D eigenvalue weighted by Crippen LogP contribution is 2.50. The lowest BCUT2D eigenvalue weighted by Crippen LogP contribution is -1.95. The van der Waals surface area contributed by atoms with E-state index < -0.39 is 0 Å². The van der Waals surface area contributed by atoms with Gasteiger partial charge in [0.1, 0.15) is 0 Å². The molecule has 0 radical (unpaired) electrons. The highest BCUT2D eigenvalue weighted by molar-refractivity contribution is 7.99. The molecule has 0 bridgehead atoms. The largest absolute Gasteiger partial charge is 0.0888 e. The molecule has 0 saturated carbocycles. The average molecular weight is 563 g/mol. The smallest absolute Gasteiger partial charge is 0.0207 e. The number of hydrogen-bond acceptors (Lipinski definition) is 1. The van der Waals surface area contributed by atoms with Crippen LogP contribution in [0.3, 0.4) is 0 Å². The summed E-state index contributed by atoms with van der Waals surface area (Å²) in [5.41, 5.74) is 10.2. The van der Waals surface area contributed by atoms with Crippen LogP contribution in [0, 0.1) is 0 Å². The van der Waals surface area contributed by atoms with Crippen molar-refractivity contribution >= 4 is 44.1 Å². The molecule has 0 aliphatic carbocycles. The molecule has 0 aromatic heterocycles. The summed E-state index contributed by atoms with van der Waals surface area (Å²) in [6, 6.07) is 57.9. The van der Waals surface area contributed by atoms with Crippen LogP contribution in [0.4, 0.5) is 0 Å². The van der Waals surface area contributed by atoms with Gasteiger partial charge in [-0.2, -0.15) is 0 Å². The van der Waals surface area contributed by atoms with Crippen molar-refractivity contribution in [3.05, 3.63) is 158 Å². The van der Waals surface area contributed by atoms with E-state index in [1.54, 1.807) is 0 Å². The van der Waals surface area contributed by atoms with Gasteiger partial charge in [-0.15, -0.1) is 0 Å². The topological polar surface area (TPSA) is 0 Å². The van der Waals surface area contributed by atoms with Crippen molar-refractivity contribution in [2.75, 3.05) is 0 Å². The minimum Gasteiger partial charge on any atom is -0.0888 e. The number of fused-ring (bicyclic) bond motifs is 4. The predicted molar refractivity (Wildman–Crippen MR) is 185 cm³/mol. The van der Waals surface area contributed by atoms with E-state index in [-0.39, 0.29) is 0 Å². The van der Waals surface area contributed by atoms with Gasteiger partial charge in [0.15, 0.2) is 0 Å². The molecule has 9 rings (SSSR count). The van der Waals surface area contributed by atoms with Crippen molar-refractivity contribution in [2.24, 2.45) is 0 Å². The fourth-order valence-corrected chi connectivity index (χ4v) is 8.21. The lowest BCUT2D eigenvalue weighted by atomic mass is 9.83. The molecular formula is C42H26S. The zero-order valence-corrected chi connectivity index (χ0v) is 24.2. The van der Waals surface area contributed by atoms with Gasteiger partial charge in [0, 0.05) is 15.2 Å². The van der Waals surface area contributed by atoms with Crippen LogP contribution in [0.25, 0.3) is 76.8 Å². The fourth-order valence-electron chi connectivity index (χ4n) is 7.02. The SMILES string of the molecule is c1ccc(-c2c3ccccc3c(-c3ccccc3-c3ccc4c(c3)Sc3cccc5cccc-4c35)c3ccccc23)cc1. The van der Waals surface area contributed by atoms with Gasteiger partial charge in [0.05, 0.1) is 0 Å². The minimum absolute atomic E-state index is 1.24. The maximum Gasteiger partial charge on any atom is 0.0207 e. The zero-order chi connectivity index (χ0) is 28.3. The maximum atomic E-state index is 2.40. The van der Waals surface area contributed by atoms with Gasteiger partial charge >= 0.3 is 0 Å². The lowest BCUT2D eigenvalue weighted by Gasteiger charge is -2.22. The van der Waals surface area contributed by atoms with Crippen LogP contribution in [0.2, 0.25) is 0 Å². The van der Waals surface area contributed by atoms with E-state index in [1.807, 2.05) is 11.8 Å². The van der Waals surface area contributed by atoms with Crippen molar-refractivity contribution in [1.29, 1.82) is 0 Å². The van der Waals surface area contributed by atoms with Crippen molar-refractivity contribution in [3.8, 4) is 44.5 Å². The molecule has 8 aromatic rings. The molecule has 0 amide bonds. The van der Waals surface area contributed by atoms with Gasteiger partial charge in [0.2, 0.25) is 0 Å². The molecule has 0 N–H and O–H groups in total. The van der Waals surface area contributed by atoms with E-state index >= 15 is 0 Å². The van der Waals surface area contributed by atoms with Crippen molar-refractivity contribution in [3.63, 3.8) is 0 Å². The third-order valence-corrected chi connectivity index (χ3v) is 9.98. The molecule has 0 fully saturated rings. The lowest BCUT2D eigenvalue weighted by molar-refractivity contribution is 1.39. The van der Waals surface area contributed by atoms with Gasteiger partial charge in [0.25, 0.3) is 0 Å². The van der Waals surface area contributed by atoms with Crippen molar-refractivity contribution in [2.45, 2.75) is 9.79 Å². The Labute approximate surface area is 255 Å². The Hall–Kier alpha value is -5.11. The highest BCUT2D eigenvalue weighted by atomic mass is 32.2. The molecule has 1 heteroatoms. The number of rotatable bonds is 3. The van der Waals surface area contributed by atoms with Gasteiger partial charge in [-0.3, -0.25) is 0 Å². The Bertz CT molecular complexity index is 2300. The second-order valence-electron chi connectivity index (χ2n) is 11.2. The molecule has 1 aliphatic rings. The first-order chi connectivity index (χ1) is 21.3. The summed E-state index contributed by atoms with van der Waals surface area (Å²) in [5, 5.41) is 7.79. The Kier molecular flexibility index (Phi) is 5.54. The summed E-state index contributed by atoms with van der Waals surface area (Å²) in [6.07, 6.45) is 0. The van der Waals surface area contributed by atoms with E-state index in [4.69, 9.17) is 0 Å². The van der Waals surface area contributed by atoms with Crippen LogP contribution in [0.15, 0.2) is 168 Å². The van der Waals surface area contributed by atoms with E-state index in [1.165, 1.54) is 86.6 Å². The Morgan fingerprint density at radius 3 is 1.63 bits per heavy atom. The minimum atomic E-state index is 1.24. The van der Waals surface area contributed by atoms with Crippen LogP contribution in [-0.4, -0.2) is 0 Å². The molecule has 1 aliphatic heterocycles. The Morgan fingerprint density at radius 2 is 0.907 bits per heavy atom. The Morgan fingerprint density at radius 1 is 0.326 bits per heavy atom. The summed E-state index contributed by atoms with van der Waals surface area (Å²) in [4.78, 5) is 2.65. The summed E-state index contributed by atoms with van der Waals surface area (Å²) >= 11 is 1.89. The second-order valence-corrected chi connectivity index (χ2v) is 12.3. The fraction of sp³-hybridized carbons (Fsp3) is 0. The van der Waals surface area contributed by atoms with Crippen LogP contribution >= 0.6 is 11.8 Å². The molecule has 0 unspecified atom stereocenters. The summed E-state index contributed by atoms with van der Waals surface area (Å²) in [7, 11) is 0. The molecule has 0 atom stereocenters. The van der Waals surface area contributed by atoms with Gasteiger partial charge in [-0.1, -0.05) is 157 Å². The Balaban J connectivity index is 1.30. The van der Waals surface area contributed by atoms with Crippen molar-refractivity contribution in [1.82, 2.24) is 0 Å². The molecule has 8 aromatic carbocycles. The van der Waals surface area contributed by atoms with Crippen LogP contribution in [-0.2, 0) is 0 Å². The molecule has 43 heavy (non-hydrogen) atoms. The molecule has 1 heterocycles. The van der Waals surface area contributed by atoms with Crippen LogP contribution < -0.4 is 0 Å². The molecule has 0 saturated heterocycles. The van der Waals surface area contributed by atoms with Crippen molar-refractivity contribution < 1.29 is 0 Å². The van der Waals surface area contributed by atoms with Gasteiger partial charge in [-0.05, 0) is 83.6 Å². The van der Waals surface area contributed by atoms with Gasteiger partial charge < -0.3 is 0 Å². The summed E-state index contributed by atoms with van der Waals surface area (Å²) in [6.45, 7) is 0. The predicted octanol–water partition coefficient (Wildman–Crippen LogP) is 12.3. The third kappa shape index (κ3) is 3.79. The molecule has 200 valence electrons. The first-order valence-electron chi connectivity index (χ1n) is 14.8. The van der Waals surface area contributed by atoms with E-state index in [2.05, 4.69) is 158 Å². The first kappa shape index (κ1) is 24.5. The standard InChI is InChI=1S/C42H26S/c1-2-12-27(13-3-1)40-34-18-6-8-20-36(34)42(37-21-9-7-19-35(37)40)32-17-5-4-16-30(32)29-24-25-31-33-22-10-14-28-15-11-23-38(41(28)33)43-39(31)26-29/h1-26H. The van der Waals surface area contributed by atoms with E-state index in [0.717, 1.165) is 0 Å². The maximum absolute atomic E-state index is 2.40. The highest BCUT2D eigenvalue weighted by Gasteiger charge is 2.22. The molecular weight excluding hydrogens is 537 g/mol. The molecule has 0 spiro atoms. The van der Waals surface area contributed by atoms with Crippen LogP contribution in [0.5, 0.6) is 0 Å². The normalized spacial score (nSPS) is 12.1. The number of benzene rings is 8. The van der Waals surface area contributed by atoms with E-state index in [0.29, 0.717) is 0 Å². The monoisotopic (exact) mass is 562 g/mol. The summed E-state index contributed by atoms with van der Waals surface area (Å²) in [5.74, 6) is 0. The second kappa shape index (κ2) is 9.73. The average Bonchev–Trinajstić information content (AvgIpc) is 3.07. The summed E-state index contributed by atoms with van der Waals surface area (Å²) < 4.78 is 0. The third-order valence-electron chi connectivity index (χ3n) is 8.86. The molecule has 0 nitrogen and oxygen atoms in total. The van der Waals surface area contributed by atoms with Gasteiger partial charge in [-0.25, -0.2) is 0 Å².